The van der Waals surface area contributed by atoms with E-state index in [0.29, 0.717) is 37.4 Å². The van der Waals surface area contributed by atoms with Gasteiger partial charge in [0.05, 0.1) is 17.9 Å². The highest BCUT2D eigenvalue weighted by Gasteiger charge is 2.29. The summed E-state index contributed by atoms with van der Waals surface area (Å²) in [6.07, 6.45) is 1.09. The molecule has 1 aromatic heterocycles. The zero-order chi connectivity index (χ0) is 24.1. The number of esters is 1. The number of benzene rings is 2. The number of carbonyl (C=O) groups excluding carboxylic acids is 3. The molecule has 0 unspecified atom stereocenters. The van der Waals surface area contributed by atoms with Crippen molar-refractivity contribution in [1.82, 2.24) is 9.80 Å². The Kier molecular flexibility index (Phi) is 7.47. The Hall–Kier alpha value is -3.39. The molecule has 178 valence electrons. The van der Waals surface area contributed by atoms with Crippen LogP contribution in [0.25, 0.3) is 10.8 Å². The minimum absolute atomic E-state index is 0.00597. The number of hydrogen-bond acceptors (Lipinski definition) is 6. The lowest BCUT2D eigenvalue weighted by Gasteiger charge is -2.30. The first-order valence-corrected chi connectivity index (χ1v) is 12.1. The Morgan fingerprint density at radius 1 is 1.06 bits per heavy atom. The first-order chi connectivity index (χ1) is 16.4. The second-order valence-corrected chi connectivity index (χ2v) is 9.40. The Morgan fingerprint density at radius 3 is 2.50 bits per heavy atom. The van der Waals surface area contributed by atoms with Crippen LogP contribution in [0.15, 0.2) is 53.9 Å². The van der Waals surface area contributed by atoms with Gasteiger partial charge in [-0.1, -0.05) is 24.3 Å². The van der Waals surface area contributed by atoms with Crippen LogP contribution in [0.4, 0.5) is 0 Å². The van der Waals surface area contributed by atoms with Gasteiger partial charge < -0.3 is 19.3 Å². The number of nitrogens with zero attached hydrogens (tertiary/aromatic N) is 2. The number of fused-ring (bicyclic) bond motifs is 1. The highest BCUT2D eigenvalue weighted by molar-refractivity contribution is 7.12. The van der Waals surface area contributed by atoms with Gasteiger partial charge in [0, 0.05) is 26.7 Å². The zero-order valence-electron chi connectivity index (χ0n) is 19.4. The van der Waals surface area contributed by atoms with Gasteiger partial charge >= 0.3 is 5.97 Å². The van der Waals surface area contributed by atoms with Crippen molar-refractivity contribution in [2.45, 2.75) is 19.4 Å². The van der Waals surface area contributed by atoms with Crippen molar-refractivity contribution < 1.29 is 23.9 Å². The summed E-state index contributed by atoms with van der Waals surface area (Å²) in [7, 11) is 3.34. The standard InChI is InChI=1S/C26H28N2O5S/c1-27(16-18-5-6-21-15-22(32-2)8-7-20(21)14-18)24(29)17-33-26(31)19-9-11-28(12-10-19)25(30)23-4-3-13-34-23/h3-8,13-15,19H,9-12,16-17H2,1-2H3. The summed E-state index contributed by atoms with van der Waals surface area (Å²) in [5.74, 6) is -0.110. The number of thiophene rings is 1. The van der Waals surface area contributed by atoms with Gasteiger partial charge in [-0.2, -0.15) is 0 Å². The number of ether oxygens (including phenoxy) is 2. The largest absolute Gasteiger partial charge is 0.497 e. The molecule has 1 fully saturated rings. The average molecular weight is 481 g/mol. The number of hydrogen-bond donors (Lipinski definition) is 0. The maximum absolute atomic E-state index is 12.5. The second-order valence-electron chi connectivity index (χ2n) is 8.45. The summed E-state index contributed by atoms with van der Waals surface area (Å²) in [4.78, 5) is 41.5. The quantitative estimate of drug-likeness (QED) is 0.479. The number of likely N-dealkylation sites (tertiary alicyclic amines) is 1. The molecule has 34 heavy (non-hydrogen) atoms. The molecule has 0 bridgehead atoms. The molecule has 0 radical (unpaired) electrons. The molecule has 0 spiro atoms. The number of amides is 2. The molecule has 8 heteroatoms. The third-order valence-electron chi connectivity index (χ3n) is 6.14. The zero-order valence-corrected chi connectivity index (χ0v) is 20.2. The van der Waals surface area contributed by atoms with E-state index in [1.165, 1.54) is 11.3 Å². The van der Waals surface area contributed by atoms with Gasteiger partial charge in [0.2, 0.25) is 0 Å². The Morgan fingerprint density at radius 2 is 1.79 bits per heavy atom. The summed E-state index contributed by atoms with van der Waals surface area (Å²) < 4.78 is 10.6. The fourth-order valence-corrected chi connectivity index (χ4v) is 4.79. The van der Waals surface area contributed by atoms with E-state index in [1.54, 1.807) is 24.0 Å². The number of rotatable bonds is 7. The second kappa shape index (κ2) is 10.7. The topological polar surface area (TPSA) is 76.2 Å². The first-order valence-electron chi connectivity index (χ1n) is 11.2. The number of carbonyl (C=O) groups is 3. The lowest BCUT2D eigenvalue weighted by molar-refractivity contribution is -0.156. The van der Waals surface area contributed by atoms with Crippen LogP contribution in [0.5, 0.6) is 5.75 Å². The molecular weight excluding hydrogens is 452 g/mol. The number of piperidine rings is 1. The molecule has 3 aromatic rings. The molecular formula is C26H28N2O5S. The summed E-state index contributed by atoms with van der Waals surface area (Å²) in [6, 6.07) is 15.5. The van der Waals surface area contributed by atoms with E-state index < -0.39 is 0 Å². The predicted octanol–water partition coefficient (Wildman–Crippen LogP) is 3.96. The summed E-state index contributed by atoms with van der Waals surface area (Å²) in [5.41, 5.74) is 0.989. The van der Waals surface area contributed by atoms with Crippen molar-refractivity contribution >= 4 is 39.9 Å². The highest BCUT2D eigenvalue weighted by Crippen LogP contribution is 2.23. The fourth-order valence-electron chi connectivity index (χ4n) is 4.10. The van der Waals surface area contributed by atoms with Crippen LogP contribution in [0.1, 0.15) is 28.1 Å². The normalized spacial score (nSPS) is 14.1. The lowest BCUT2D eigenvalue weighted by atomic mass is 9.97. The van der Waals surface area contributed by atoms with E-state index in [4.69, 9.17) is 9.47 Å². The van der Waals surface area contributed by atoms with Gasteiger partial charge in [-0.05, 0) is 58.8 Å². The molecule has 1 aliphatic heterocycles. The number of likely N-dealkylation sites (N-methyl/N-ethyl adjacent to an activating group) is 1. The summed E-state index contributed by atoms with van der Waals surface area (Å²) in [5, 5.41) is 4.01. The number of methoxy groups -OCH3 is 1. The Bertz CT molecular complexity index is 1170. The van der Waals surface area contributed by atoms with Crippen LogP contribution in [0.2, 0.25) is 0 Å². The van der Waals surface area contributed by atoms with E-state index in [9.17, 15) is 14.4 Å². The average Bonchev–Trinajstić information content (AvgIpc) is 3.41. The van der Waals surface area contributed by atoms with Crippen LogP contribution in [0, 0.1) is 5.92 Å². The minimum atomic E-state index is -0.371. The van der Waals surface area contributed by atoms with Crippen LogP contribution in [-0.2, 0) is 20.9 Å². The van der Waals surface area contributed by atoms with Gasteiger partial charge in [-0.15, -0.1) is 11.3 Å². The smallest absolute Gasteiger partial charge is 0.309 e. The molecule has 4 rings (SSSR count). The van der Waals surface area contributed by atoms with Gasteiger partial charge in [0.1, 0.15) is 5.75 Å². The van der Waals surface area contributed by atoms with Crippen LogP contribution >= 0.6 is 11.3 Å². The van der Waals surface area contributed by atoms with Crippen molar-refractivity contribution in [3.05, 3.63) is 64.4 Å². The third kappa shape index (κ3) is 5.56. The van der Waals surface area contributed by atoms with E-state index in [-0.39, 0.29) is 30.3 Å². The molecule has 0 aliphatic carbocycles. The van der Waals surface area contributed by atoms with Crippen molar-refractivity contribution in [3.8, 4) is 5.75 Å². The molecule has 1 saturated heterocycles. The van der Waals surface area contributed by atoms with Crippen molar-refractivity contribution in [2.75, 3.05) is 33.9 Å². The monoisotopic (exact) mass is 480 g/mol. The highest BCUT2D eigenvalue weighted by atomic mass is 32.1. The van der Waals surface area contributed by atoms with Crippen molar-refractivity contribution in [2.24, 2.45) is 5.92 Å². The maximum atomic E-state index is 12.5. The van der Waals surface area contributed by atoms with E-state index in [2.05, 4.69) is 0 Å². The Balaban J connectivity index is 1.23. The van der Waals surface area contributed by atoms with Crippen molar-refractivity contribution in [1.29, 1.82) is 0 Å². The van der Waals surface area contributed by atoms with Crippen molar-refractivity contribution in [3.63, 3.8) is 0 Å². The molecule has 7 nitrogen and oxygen atoms in total. The molecule has 2 heterocycles. The molecule has 0 N–H and O–H groups in total. The SMILES string of the molecule is COc1ccc2cc(CN(C)C(=O)COC(=O)C3CCN(C(=O)c4cccs4)CC3)ccc2c1. The summed E-state index contributed by atoms with van der Waals surface area (Å²) >= 11 is 1.42. The lowest BCUT2D eigenvalue weighted by Crippen LogP contribution is -2.41. The molecule has 2 aromatic carbocycles. The maximum Gasteiger partial charge on any atom is 0.309 e. The van der Waals surface area contributed by atoms with Gasteiger partial charge in [-0.25, -0.2) is 0 Å². The summed E-state index contributed by atoms with van der Waals surface area (Å²) in [6.45, 7) is 1.16. The molecule has 1 aliphatic rings. The van der Waals surface area contributed by atoms with Gasteiger partial charge in [0.25, 0.3) is 11.8 Å². The minimum Gasteiger partial charge on any atom is -0.497 e. The molecule has 0 atom stereocenters. The first kappa shape index (κ1) is 23.8. The van der Waals surface area contributed by atoms with E-state index >= 15 is 0 Å². The predicted molar refractivity (Wildman–Crippen MR) is 131 cm³/mol. The van der Waals surface area contributed by atoms with Gasteiger partial charge in [0.15, 0.2) is 6.61 Å². The van der Waals surface area contributed by atoms with E-state index in [0.717, 1.165) is 22.1 Å². The van der Waals surface area contributed by atoms with E-state index in [1.807, 2.05) is 53.9 Å². The van der Waals surface area contributed by atoms with Gasteiger partial charge in [-0.3, -0.25) is 14.4 Å². The molecule has 2 amide bonds. The van der Waals surface area contributed by atoms with Crippen LogP contribution < -0.4 is 4.74 Å². The Labute approximate surface area is 202 Å². The van der Waals surface area contributed by atoms with Crippen LogP contribution in [-0.4, -0.2) is 61.4 Å². The third-order valence-corrected chi connectivity index (χ3v) is 7.00. The molecule has 0 saturated carbocycles. The fraction of sp³-hybridized carbons (Fsp3) is 0.346. The van der Waals surface area contributed by atoms with Crippen LogP contribution in [0.3, 0.4) is 0 Å².